The number of carbonyl (C=O) groups excluding carboxylic acids is 1. The fraction of sp³-hybridized carbons (Fsp3) is 0.314. The first-order valence-electron chi connectivity index (χ1n) is 15.7. The largest absolute Gasteiger partial charge is 0.475 e. The van der Waals surface area contributed by atoms with Gasteiger partial charge in [0.25, 0.3) is 0 Å². The maximum atomic E-state index is 15.7. The van der Waals surface area contributed by atoms with Gasteiger partial charge in [-0.05, 0) is 37.3 Å². The van der Waals surface area contributed by atoms with Crippen LogP contribution in [0.1, 0.15) is 23.6 Å². The van der Waals surface area contributed by atoms with E-state index in [4.69, 9.17) is 33.0 Å². The molecule has 0 amide bonds. The molecule has 0 bridgehead atoms. The summed E-state index contributed by atoms with van der Waals surface area (Å²) in [6.45, 7) is 7.37. The minimum Gasteiger partial charge on any atom is -0.449 e. The van der Waals surface area contributed by atoms with Gasteiger partial charge in [0.15, 0.2) is 18.5 Å². The number of phosphoric ester groups is 1. The number of hydrogen-bond donors (Lipinski definition) is 0. The van der Waals surface area contributed by atoms with Gasteiger partial charge in [-0.15, -0.1) is 24.9 Å². The highest BCUT2D eigenvalue weighted by atomic mass is 32.2. The number of esters is 1. The van der Waals surface area contributed by atoms with Crippen molar-refractivity contribution in [2.24, 2.45) is 0 Å². The summed E-state index contributed by atoms with van der Waals surface area (Å²) < 4.78 is 91.6. The molecule has 0 saturated carbocycles. The second kappa shape index (κ2) is 19.5. The third-order valence-electron chi connectivity index (χ3n) is 7.32. The number of rotatable bonds is 19. The summed E-state index contributed by atoms with van der Waals surface area (Å²) in [5.41, 5.74) is -1.52. The lowest BCUT2D eigenvalue weighted by Gasteiger charge is -2.40. The number of hydrogen-bond acceptors (Lipinski definition) is 12. The van der Waals surface area contributed by atoms with Crippen molar-refractivity contribution in [1.82, 2.24) is 14.8 Å². The van der Waals surface area contributed by atoms with Crippen LogP contribution < -0.4 is 0 Å². The maximum Gasteiger partial charge on any atom is 0.475 e. The lowest BCUT2D eigenvalue weighted by Crippen LogP contribution is -2.47. The normalized spacial score (nSPS) is 18.1. The van der Waals surface area contributed by atoms with E-state index in [0.717, 1.165) is 12.1 Å². The molecule has 1 aliphatic heterocycles. The molecular weight excluding hydrogens is 724 g/mol. The van der Waals surface area contributed by atoms with E-state index >= 15 is 4.39 Å². The van der Waals surface area contributed by atoms with Crippen molar-refractivity contribution in [2.75, 3.05) is 33.0 Å². The van der Waals surface area contributed by atoms with E-state index in [-0.39, 0.29) is 49.3 Å². The van der Waals surface area contributed by atoms with Crippen LogP contribution in [0.4, 0.5) is 13.2 Å². The smallest absolute Gasteiger partial charge is 0.449 e. The number of halogens is 3. The van der Waals surface area contributed by atoms with E-state index in [9.17, 15) is 18.1 Å². The minimum atomic E-state index is -4.28. The average molecular weight is 761 g/mol. The molecule has 3 aromatic rings. The number of nitrogens with zero attached hydrogens (tertiary/aromatic N) is 4. The summed E-state index contributed by atoms with van der Waals surface area (Å²) in [7, 11) is -4.28. The number of thioether (sulfide) groups is 1. The van der Waals surface area contributed by atoms with Crippen LogP contribution in [0.5, 0.6) is 0 Å². The monoisotopic (exact) mass is 760 g/mol. The number of benzene rings is 2. The number of carbonyl (C=O) groups is 1. The van der Waals surface area contributed by atoms with Gasteiger partial charge >= 0.3 is 13.8 Å². The minimum absolute atomic E-state index is 0.171. The van der Waals surface area contributed by atoms with Gasteiger partial charge in [0.2, 0.25) is 0 Å². The molecule has 12 nitrogen and oxygen atoms in total. The van der Waals surface area contributed by atoms with Crippen molar-refractivity contribution in [2.45, 2.75) is 35.9 Å². The van der Waals surface area contributed by atoms with Crippen molar-refractivity contribution in [3.8, 4) is 6.07 Å². The Morgan fingerprint density at radius 2 is 1.85 bits per heavy atom. The van der Waals surface area contributed by atoms with Crippen LogP contribution in [0.25, 0.3) is 6.08 Å². The fourth-order valence-corrected chi connectivity index (χ4v) is 7.31. The first-order chi connectivity index (χ1) is 25.0. The molecule has 0 aliphatic carbocycles. The van der Waals surface area contributed by atoms with Crippen LogP contribution in [-0.4, -0.2) is 70.6 Å². The SMILES string of the molecule is C=CCOP(=O)(OCC=C)OCC(=O)O[C@@](Cn1cncn1)(c1ccc(F)cc1F)[C@@H](C)SC1COC(/C=C/C=C/c2ccc(C#N)cc2F)OC1. The van der Waals surface area contributed by atoms with E-state index in [1.165, 1.54) is 65.5 Å². The summed E-state index contributed by atoms with van der Waals surface area (Å²) in [6, 6.07) is 8.91. The van der Waals surface area contributed by atoms with E-state index < -0.39 is 55.0 Å². The lowest BCUT2D eigenvalue weighted by atomic mass is 9.89. The predicted octanol–water partition coefficient (Wildman–Crippen LogP) is 6.67. The van der Waals surface area contributed by atoms with Crippen LogP contribution in [0.15, 0.2) is 92.6 Å². The van der Waals surface area contributed by atoms with Gasteiger partial charge in [-0.3, -0.25) is 13.6 Å². The topological polar surface area (TPSA) is 144 Å². The van der Waals surface area contributed by atoms with Crippen molar-refractivity contribution in [3.05, 3.63) is 127 Å². The molecule has 0 unspecified atom stereocenters. The van der Waals surface area contributed by atoms with Crippen molar-refractivity contribution in [3.63, 3.8) is 0 Å². The van der Waals surface area contributed by atoms with Crippen LogP contribution in [0.2, 0.25) is 0 Å². The van der Waals surface area contributed by atoms with E-state index in [0.29, 0.717) is 11.6 Å². The summed E-state index contributed by atoms with van der Waals surface area (Å²) in [5, 5.41) is 11.9. The van der Waals surface area contributed by atoms with Gasteiger partial charge in [0.1, 0.15) is 30.1 Å². The standard InChI is InChI=1S/C35H36F3N4O8PS/c1-4-14-47-51(44,48-15-5-2)49-21-33(43)50-35(22-42-24-40-23-41-42,30-13-12-28(36)17-32(30)38)25(3)52-29-19-45-34(46-20-29)9-7-6-8-27-11-10-26(18-39)16-31(27)37/h4-13,16-17,23-25,29,34H,1-2,14-15,19-22H2,3H3/b8-6+,9-7+/t25-,29?,34?,35-/m1/s1. The van der Waals surface area contributed by atoms with Gasteiger partial charge in [-0.1, -0.05) is 36.4 Å². The molecule has 0 radical (unpaired) electrons. The number of aromatic nitrogens is 3. The molecule has 17 heteroatoms. The third kappa shape index (κ3) is 11.3. The predicted molar refractivity (Wildman–Crippen MR) is 186 cm³/mol. The van der Waals surface area contributed by atoms with Crippen LogP contribution in [0, 0.1) is 28.8 Å². The van der Waals surface area contributed by atoms with Gasteiger partial charge < -0.3 is 14.2 Å². The molecule has 0 N–H and O–H groups in total. The molecule has 4 rings (SSSR count). The maximum absolute atomic E-state index is 15.7. The molecule has 2 aromatic carbocycles. The molecule has 2 heterocycles. The zero-order valence-corrected chi connectivity index (χ0v) is 29.7. The quantitative estimate of drug-likeness (QED) is 0.0557. The van der Waals surface area contributed by atoms with Crippen LogP contribution in [0.3, 0.4) is 0 Å². The zero-order valence-electron chi connectivity index (χ0n) is 28.0. The van der Waals surface area contributed by atoms with E-state index in [2.05, 4.69) is 23.2 Å². The molecule has 0 spiro atoms. The Labute approximate surface area is 303 Å². The molecule has 1 fully saturated rings. The Morgan fingerprint density at radius 3 is 2.46 bits per heavy atom. The zero-order chi connectivity index (χ0) is 37.6. The van der Waals surface area contributed by atoms with Gasteiger partial charge in [0.05, 0.1) is 49.9 Å². The Kier molecular flexibility index (Phi) is 15.2. The van der Waals surface area contributed by atoms with Crippen molar-refractivity contribution < 1.29 is 50.3 Å². The third-order valence-corrected chi connectivity index (χ3v) is 10.1. The van der Waals surface area contributed by atoms with E-state index in [1.807, 2.05) is 6.07 Å². The molecule has 52 heavy (non-hydrogen) atoms. The Balaban J connectivity index is 1.51. The summed E-state index contributed by atoms with van der Waals surface area (Å²) in [6.07, 6.45) is 10.9. The highest BCUT2D eigenvalue weighted by molar-refractivity contribution is 8.00. The highest BCUT2D eigenvalue weighted by Gasteiger charge is 2.47. The van der Waals surface area contributed by atoms with E-state index in [1.54, 1.807) is 25.2 Å². The summed E-state index contributed by atoms with van der Waals surface area (Å²) in [5.74, 6) is -3.45. The van der Waals surface area contributed by atoms with Crippen LogP contribution in [-0.2, 0) is 49.3 Å². The molecular formula is C35H36F3N4O8PS. The number of nitriles is 1. The first kappa shape index (κ1) is 40.4. The van der Waals surface area contributed by atoms with Gasteiger partial charge in [0, 0.05) is 22.4 Å². The Hall–Kier alpha value is -4.33. The lowest BCUT2D eigenvalue weighted by molar-refractivity contribution is -0.166. The van der Waals surface area contributed by atoms with Crippen LogP contribution >= 0.6 is 19.6 Å². The van der Waals surface area contributed by atoms with Gasteiger partial charge in [-0.2, -0.15) is 10.4 Å². The number of ether oxygens (including phenoxy) is 3. The molecule has 276 valence electrons. The molecule has 2 atom stereocenters. The molecule has 1 saturated heterocycles. The number of allylic oxidation sites excluding steroid dienone is 2. The fourth-order valence-electron chi connectivity index (χ4n) is 4.89. The highest BCUT2D eigenvalue weighted by Crippen LogP contribution is 2.49. The second-order valence-corrected chi connectivity index (χ2v) is 14.3. The molecule has 1 aliphatic rings. The first-order valence-corrected chi connectivity index (χ1v) is 18.1. The Bertz CT molecular complexity index is 1820. The Morgan fingerprint density at radius 1 is 1.12 bits per heavy atom. The average Bonchev–Trinajstić information content (AvgIpc) is 3.64. The molecule has 1 aromatic heterocycles. The van der Waals surface area contributed by atoms with Gasteiger partial charge in [-0.25, -0.2) is 32.2 Å². The number of phosphoric acid groups is 1. The second-order valence-electron chi connectivity index (χ2n) is 11.0. The summed E-state index contributed by atoms with van der Waals surface area (Å²) in [4.78, 5) is 17.4. The summed E-state index contributed by atoms with van der Waals surface area (Å²) >= 11 is 1.26. The van der Waals surface area contributed by atoms with Crippen molar-refractivity contribution in [1.29, 1.82) is 5.26 Å². The van der Waals surface area contributed by atoms with Crippen molar-refractivity contribution >= 4 is 31.6 Å².